The van der Waals surface area contributed by atoms with Gasteiger partial charge in [0.1, 0.15) is 5.75 Å². The first-order valence-corrected chi connectivity index (χ1v) is 10.8. The van der Waals surface area contributed by atoms with E-state index < -0.39 is 34.6 Å². The lowest BCUT2D eigenvalue weighted by Crippen LogP contribution is -2.44. The molecule has 34 heavy (non-hydrogen) atoms. The van der Waals surface area contributed by atoms with Crippen LogP contribution < -0.4 is 4.74 Å². The molecule has 1 N–H and O–H groups in total. The van der Waals surface area contributed by atoms with Crippen LogP contribution >= 0.6 is 0 Å². The lowest BCUT2D eigenvalue weighted by molar-refractivity contribution is -0.248. The highest BCUT2D eigenvalue weighted by Gasteiger charge is 2.58. The summed E-state index contributed by atoms with van der Waals surface area (Å²) < 4.78 is 87.3. The van der Waals surface area contributed by atoms with Crippen LogP contribution in [0, 0.1) is 12.8 Å². The molecule has 0 saturated carbocycles. The molecule has 2 nitrogen and oxygen atoms in total. The van der Waals surface area contributed by atoms with Gasteiger partial charge in [-0.1, -0.05) is 32.4 Å². The molecule has 0 aliphatic carbocycles. The van der Waals surface area contributed by atoms with Crippen molar-refractivity contribution in [3.05, 3.63) is 76.0 Å². The SMILES string of the molecule is CCC(C)CCC=C=Cc1cc(OC)c(C(O)(c2cccc(C(F)(F)F)c2)C(F)(F)F)cc1C. The van der Waals surface area contributed by atoms with Crippen molar-refractivity contribution in [3.63, 3.8) is 0 Å². The zero-order chi connectivity index (χ0) is 25.7. The minimum atomic E-state index is -5.33. The second-order valence-corrected chi connectivity index (χ2v) is 8.30. The second-order valence-electron chi connectivity index (χ2n) is 8.30. The summed E-state index contributed by atoms with van der Waals surface area (Å²) in [4.78, 5) is 0. The van der Waals surface area contributed by atoms with E-state index in [-0.39, 0.29) is 5.75 Å². The van der Waals surface area contributed by atoms with Gasteiger partial charge in [-0.05, 0) is 78.8 Å². The van der Waals surface area contributed by atoms with E-state index in [9.17, 15) is 31.4 Å². The molecule has 186 valence electrons. The van der Waals surface area contributed by atoms with Crippen LogP contribution in [0.3, 0.4) is 0 Å². The summed E-state index contributed by atoms with van der Waals surface area (Å²) in [6.45, 7) is 5.78. The number of alkyl halides is 6. The van der Waals surface area contributed by atoms with E-state index in [2.05, 4.69) is 19.6 Å². The van der Waals surface area contributed by atoms with Crippen molar-refractivity contribution >= 4 is 6.08 Å². The Balaban J connectivity index is 2.60. The first-order chi connectivity index (χ1) is 15.8. The summed E-state index contributed by atoms with van der Waals surface area (Å²) in [5.41, 5.74) is -2.80. The molecule has 0 aliphatic rings. The number of halogens is 6. The molecule has 0 fully saturated rings. The van der Waals surface area contributed by atoms with E-state index >= 15 is 0 Å². The molecular weight excluding hydrogens is 458 g/mol. The number of methoxy groups -OCH3 is 1. The van der Waals surface area contributed by atoms with Gasteiger partial charge < -0.3 is 9.84 Å². The summed E-state index contributed by atoms with van der Waals surface area (Å²) in [5.74, 6) is 0.255. The van der Waals surface area contributed by atoms with Crippen molar-refractivity contribution in [1.82, 2.24) is 0 Å². The van der Waals surface area contributed by atoms with E-state index in [1.807, 2.05) is 6.08 Å². The Bertz CT molecular complexity index is 1050. The minimum absolute atomic E-state index is 0.302. The van der Waals surface area contributed by atoms with E-state index in [1.54, 1.807) is 13.0 Å². The first-order valence-electron chi connectivity index (χ1n) is 10.8. The normalized spacial score (nSPS) is 14.7. The van der Waals surface area contributed by atoms with Crippen LogP contribution in [0.1, 0.15) is 60.9 Å². The van der Waals surface area contributed by atoms with Gasteiger partial charge in [0.15, 0.2) is 0 Å². The summed E-state index contributed by atoms with van der Waals surface area (Å²) in [7, 11) is 1.13. The fourth-order valence-corrected chi connectivity index (χ4v) is 3.51. The quantitative estimate of drug-likeness (QED) is 0.305. The van der Waals surface area contributed by atoms with Crippen LogP contribution in [-0.4, -0.2) is 18.4 Å². The van der Waals surface area contributed by atoms with Gasteiger partial charge in [-0.15, -0.1) is 5.73 Å². The molecule has 2 aromatic rings. The largest absolute Gasteiger partial charge is 0.496 e. The van der Waals surface area contributed by atoms with Crippen LogP contribution in [-0.2, 0) is 11.8 Å². The number of aliphatic hydroxyl groups is 1. The molecule has 2 aromatic carbocycles. The summed E-state index contributed by atoms with van der Waals surface area (Å²) in [6.07, 6.45) is -3.95. The fourth-order valence-electron chi connectivity index (χ4n) is 3.51. The number of benzene rings is 2. The molecule has 0 saturated heterocycles. The number of aryl methyl sites for hydroxylation is 1. The van der Waals surface area contributed by atoms with Gasteiger partial charge >= 0.3 is 12.4 Å². The second kappa shape index (κ2) is 10.7. The molecule has 2 atom stereocenters. The molecule has 2 rings (SSSR count). The molecule has 0 aliphatic heterocycles. The van der Waals surface area contributed by atoms with Crippen molar-refractivity contribution in [2.45, 2.75) is 58.0 Å². The Morgan fingerprint density at radius 3 is 2.26 bits per heavy atom. The molecule has 8 heteroatoms. The van der Waals surface area contributed by atoms with Crippen molar-refractivity contribution in [2.75, 3.05) is 7.11 Å². The highest BCUT2D eigenvalue weighted by atomic mass is 19.4. The van der Waals surface area contributed by atoms with Gasteiger partial charge in [0.25, 0.3) is 0 Å². The summed E-state index contributed by atoms with van der Waals surface area (Å²) in [5, 5.41) is 10.9. The topological polar surface area (TPSA) is 29.5 Å². The molecule has 0 radical (unpaired) electrons. The highest BCUT2D eigenvalue weighted by Crippen LogP contribution is 2.48. The standard InChI is InChI=1S/C26H28F6O2/c1-5-17(2)10-7-6-8-11-19-15-23(34-4)22(14-18(19)3)24(33,26(30,31)32)20-12-9-13-21(16-20)25(27,28)29/h6,9,11-17,33H,5,7,10H2,1-4H3. The predicted molar refractivity (Wildman–Crippen MR) is 119 cm³/mol. The summed E-state index contributed by atoms with van der Waals surface area (Å²) >= 11 is 0. The van der Waals surface area contributed by atoms with E-state index in [0.29, 0.717) is 29.2 Å². The van der Waals surface area contributed by atoms with Gasteiger partial charge in [0.05, 0.1) is 12.7 Å². The number of rotatable bonds is 8. The maximum absolute atomic E-state index is 14.2. The average molecular weight is 486 g/mol. The lowest BCUT2D eigenvalue weighted by Gasteiger charge is -2.33. The Labute approximate surface area is 195 Å². The minimum Gasteiger partial charge on any atom is -0.496 e. The zero-order valence-electron chi connectivity index (χ0n) is 19.4. The Morgan fingerprint density at radius 1 is 1.06 bits per heavy atom. The Kier molecular flexibility index (Phi) is 8.67. The van der Waals surface area contributed by atoms with E-state index in [1.165, 1.54) is 6.07 Å². The lowest BCUT2D eigenvalue weighted by atomic mass is 9.82. The van der Waals surface area contributed by atoms with Gasteiger partial charge in [0.2, 0.25) is 5.60 Å². The van der Waals surface area contributed by atoms with Gasteiger partial charge in [-0.2, -0.15) is 26.3 Å². The Morgan fingerprint density at radius 2 is 1.71 bits per heavy atom. The number of allylic oxidation sites excluding steroid dienone is 1. The third kappa shape index (κ3) is 6.05. The molecular formula is C26H28F6O2. The van der Waals surface area contributed by atoms with Gasteiger partial charge in [-0.3, -0.25) is 0 Å². The van der Waals surface area contributed by atoms with Crippen LogP contribution in [0.5, 0.6) is 5.75 Å². The number of ether oxygens (including phenoxy) is 1. The Hall–Kier alpha value is -2.70. The monoisotopic (exact) mass is 486 g/mol. The predicted octanol–water partition coefficient (Wildman–Crippen LogP) is 7.82. The van der Waals surface area contributed by atoms with Crippen LogP contribution in [0.15, 0.2) is 48.2 Å². The molecule has 0 bridgehead atoms. The van der Waals surface area contributed by atoms with Crippen molar-refractivity contribution in [3.8, 4) is 5.75 Å². The molecule has 0 spiro atoms. The average Bonchev–Trinajstić information content (AvgIpc) is 2.77. The maximum Gasteiger partial charge on any atom is 0.425 e. The fraction of sp³-hybridized carbons (Fsp3) is 0.423. The molecule has 2 unspecified atom stereocenters. The highest BCUT2D eigenvalue weighted by molar-refractivity contribution is 5.60. The van der Waals surface area contributed by atoms with Crippen LogP contribution in [0.2, 0.25) is 0 Å². The number of hydrogen-bond acceptors (Lipinski definition) is 2. The van der Waals surface area contributed by atoms with E-state index in [0.717, 1.165) is 44.6 Å². The summed E-state index contributed by atoms with van der Waals surface area (Å²) in [6, 6.07) is 4.98. The van der Waals surface area contributed by atoms with E-state index in [4.69, 9.17) is 4.74 Å². The third-order valence-electron chi connectivity index (χ3n) is 5.85. The maximum atomic E-state index is 14.2. The molecule has 0 amide bonds. The van der Waals surface area contributed by atoms with Crippen LogP contribution in [0.4, 0.5) is 26.3 Å². The van der Waals surface area contributed by atoms with Crippen molar-refractivity contribution in [2.24, 2.45) is 5.92 Å². The first kappa shape index (κ1) is 27.5. The van der Waals surface area contributed by atoms with Gasteiger partial charge in [0, 0.05) is 5.56 Å². The van der Waals surface area contributed by atoms with Crippen molar-refractivity contribution < 1.29 is 36.2 Å². The molecule has 0 aromatic heterocycles. The van der Waals surface area contributed by atoms with Crippen molar-refractivity contribution in [1.29, 1.82) is 0 Å². The molecule has 0 heterocycles. The van der Waals surface area contributed by atoms with Gasteiger partial charge in [-0.25, -0.2) is 0 Å². The van der Waals surface area contributed by atoms with Crippen LogP contribution in [0.25, 0.3) is 6.08 Å². The smallest absolute Gasteiger partial charge is 0.425 e. The number of hydrogen-bond donors (Lipinski definition) is 1. The third-order valence-corrected chi connectivity index (χ3v) is 5.85. The zero-order valence-corrected chi connectivity index (χ0v) is 19.4.